The summed E-state index contributed by atoms with van der Waals surface area (Å²) in [6.07, 6.45) is -2.78. The Morgan fingerprint density at radius 1 is 0.667 bits per heavy atom. The fraction of sp³-hybridized carbons (Fsp3) is 0.811. The van der Waals surface area contributed by atoms with Gasteiger partial charge in [0.2, 0.25) is 35.4 Å². The van der Waals surface area contributed by atoms with Crippen LogP contribution in [0.2, 0.25) is 0 Å². The van der Waals surface area contributed by atoms with Crippen molar-refractivity contribution in [3.8, 4) is 0 Å². The number of hydrogen-bond acceptors (Lipinski definition) is 10. The number of alkyl carbamates (subject to hydrolysis) is 1. The molecular formula is C37H69N7O10. The van der Waals surface area contributed by atoms with Crippen LogP contribution >= 0.6 is 0 Å². The molecule has 0 spiro atoms. The SMILES string of the molecule is CC[C@H](C)[C@H](NC(=O)OC(C)(C)C)C(=O)N[C@H](C(=O)N[C@@H](CC(C)C)[C@@H](O)CC(=O)N[C@H](C(=O)NC(CC(N)=O)C(=O)NC[C@@H](C)O)C(C)C)[C@@H](C)CC. The molecule has 0 aliphatic heterocycles. The van der Waals surface area contributed by atoms with Crippen LogP contribution in [0.4, 0.5) is 4.79 Å². The number of primary amides is 1. The molecule has 0 aromatic heterocycles. The number of amides is 7. The molecule has 17 heteroatoms. The van der Waals surface area contributed by atoms with Crippen molar-refractivity contribution in [1.82, 2.24) is 31.9 Å². The van der Waals surface area contributed by atoms with Gasteiger partial charge in [-0.2, -0.15) is 0 Å². The van der Waals surface area contributed by atoms with Gasteiger partial charge in [0, 0.05) is 6.54 Å². The van der Waals surface area contributed by atoms with Gasteiger partial charge in [0.15, 0.2) is 0 Å². The molecule has 0 saturated heterocycles. The molecule has 9 atom stereocenters. The summed E-state index contributed by atoms with van der Waals surface area (Å²) in [4.78, 5) is 90.8. The van der Waals surface area contributed by atoms with E-state index in [2.05, 4.69) is 31.9 Å². The van der Waals surface area contributed by atoms with E-state index in [0.717, 1.165) is 0 Å². The van der Waals surface area contributed by atoms with Gasteiger partial charge in [-0.25, -0.2) is 4.79 Å². The minimum absolute atomic E-state index is 0.0335. The van der Waals surface area contributed by atoms with Crippen LogP contribution in [-0.2, 0) is 33.5 Å². The third-order valence-electron chi connectivity index (χ3n) is 8.75. The molecule has 0 aliphatic carbocycles. The summed E-state index contributed by atoms with van der Waals surface area (Å²) in [6, 6.07) is -5.52. The maximum Gasteiger partial charge on any atom is 0.408 e. The van der Waals surface area contributed by atoms with Gasteiger partial charge in [-0.1, -0.05) is 68.2 Å². The summed E-state index contributed by atoms with van der Waals surface area (Å²) in [6.45, 7) is 20.8. The summed E-state index contributed by atoms with van der Waals surface area (Å²) < 4.78 is 5.36. The van der Waals surface area contributed by atoms with E-state index in [0.29, 0.717) is 12.8 Å². The molecule has 0 bridgehead atoms. The third-order valence-corrected chi connectivity index (χ3v) is 8.75. The molecule has 7 amide bonds. The number of aliphatic hydroxyl groups is 2. The highest BCUT2D eigenvalue weighted by atomic mass is 16.6. The molecule has 0 heterocycles. The Labute approximate surface area is 320 Å². The Hall–Kier alpha value is -3.99. The van der Waals surface area contributed by atoms with E-state index in [1.54, 1.807) is 48.5 Å². The number of hydrogen-bond donors (Lipinski definition) is 9. The topological polar surface area (TPSA) is 267 Å². The number of aliphatic hydroxyl groups excluding tert-OH is 2. The Morgan fingerprint density at radius 2 is 1.17 bits per heavy atom. The van der Waals surface area contributed by atoms with E-state index in [4.69, 9.17) is 10.5 Å². The summed E-state index contributed by atoms with van der Waals surface area (Å²) in [5.74, 6) is -5.45. The van der Waals surface area contributed by atoms with Crippen molar-refractivity contribution >= 4 is 41.5 Å². The van der Waals surface area contributed by atoms with E-state index < -0.39 is 108 Å². The zero-order valence-electron chi connectivity index (χ0n) is 34.3. The maximum atomic E-state index is 13.8. The Bertz CT molecular complexity index is 1250. The minimum Gasteiger partial charge on any atom is -0.444 e. The zero-order chi connectivity index (χ0) is 42.1. The zero-order valence-corrected chi connectivity index (χ0v) is 34.3. The lowest BCUT2D eigenvalue weighted by molar-refractivity contribution is -0.135. The van der Waals surface area contributed by atoms with E-state index in [9.17, 15) is 43.8 Å². The van der Waals surface area contributed by atoms with Crippen LogP contribution in [0.25, 0.3) is 0 Å². The van der Waals surface area contributed by atoms with E-state index in [1.807, 2.05) is 27.7 Å². The Balaban J connectivity index is 6.03. The van der Waals surface area contributed by atoms with Crippen molar-refractivity contribution in [2.45, 2.75) is 163 Å². The fourth-order valence-corrected chi connectivity index (χ4v) is 5.32. The van der Waals surface area contributed by atoms with Crippen LogP contribution in [0.15, 0.2) is 0 Å². The maximum absolute atomic E-state index is 13.8. The number of carbonyl (C=O) groups excluding carboxylic acids is 7. The summed E-state index contributed by atoms with van der Waals surface area (Å²) in [5.41, 5.74) is 4.48. The van der Waals surface area contributed by atoms with Crippen molar-refractivity contribution in [3.63, 3.8) is 0 Å². The second-order valence-corrected chi connectivity index (χ2v) is 16.0. The highest BCUT2D eigenvalue weighted by molar-refractivity contribution is 5.95. The van der Waals surface area contributed by atoms with E-state index >= 15 is 0 Å². The molecule has 54 heavy (non-hydrogen) atoms. The third kappa shape index (κ3) is 19.4. The van der Waals surface area contributed by atoms with Gasteiger partial charge in [-0.05, 0) is 57.8 Å². The van der Waals surface area contributed by atoms with Gasteiger partial charge < -0.3 is 52.6 Å². The van der Waals surface area contributed by atoms with E-state index in [1.165, 1.54) is 6.92 Å². The predicted molar refractivity (Wildman–Crippen MR) is 203 cm³/mol. The fourth-order valence-electron chi connectivity index (χ4n) is 5.32. The summed E-state index contributed by atoms with van der Waals surface area (Å²) >= 11 is 0. The first-order valence-corrected chi connectivity index (χ1v) is 18.9. The van der Waals surface area contributed by atoms with E-state index in [-0.39, 0.29) is 30.7 Å². The molecular weight excluding hydrogens is 702 g/mol. The Morgan fingerprint density at radius 3 is 1.61 bits per heavy atom. The first-order valence-electron chi connectivity index (χ1n) is 18.9. The van der Waals surface area contributed by atoms with Gasteiger partial charge in [0.25, 0.3) is 0 Å². The number of ether oxygens (including phenoxy) is 1. The molecule has 0 aliphatic rings. The van der Waals surface area contributed by atoms with Crippen molar-refractivity contribution in [1.29, 1.82) is 0 Å². The molecule has 312 valence electrons. The van der Waals surface area contributed by atoms with Crippen molar-refractivity contribution < 1.29 is 48.5 Å². The lowest BCUT2D eigenvalue weighted by Gasteiger charge is -2.32. The average Bonchev–Trinajstić information content (AvgIpc) is 3.04. The molecule has 0 radical (unpaired) electrons. The number of rotatable bonds is 23. The van der Waals surface area contributed by atoms with Crippen LogP contribution in [-0.4, -0.2) is 106 Å². The molecule has 0 aromatic carbocycles. The molecule has 1 unspecified atom stereocenters. The first-order chi connectivity index (χ1) is 24.8. The van der Waals surface area contributed by atoms with Gasteiger partial charge in [0.1, 0.15) is 29.8 Å². The van der Waals surface area contributed by atoms with Crippen molar-refractivity contribution in [2.24, 2.45) is 29.4 Å². The number of carbonyl (C=O) groups is 7. The van der Waals surface area contributed by atoms with Gasteiger partial charge in [-0.3, -0.25) is 28.8 Å². The molecule has 10 N–H and O–H groups in total. The van der Waals surface area contributed by atoms with Crippen LogP contribution in [0.5, 0.6) is 0 Å². The van der Waals surface area contributed by atoms with Crippen LogP contribution in [0, 0.1) is 23.7 Å². The van der Waals surface area contributed by atoms with Crippen molar-refractivity contribution in [3.05, 3.63) is 0 Å². The largest absolute Gasteiger partial charge is 0.444 e. The Kier molecular flexibility index (Phi) is 22.0. The monoisotopic (exact) mass is 772 g/mol. The molecule has 0 rings (SSSR count). The van der Waals surface area contributed by atoms with Gasteiger partial charge in [0.05, 0.1) is 31.1 Å². The molecule has 17 nitrogen and oxygen atoms in total. The van der Waals surface area contributed by atoms with Crippen molar-refractivity contribution in [2.75, 3.05) is 6.54 Å². The van der Waals surface area contributed by atoms with Crippen LogP contribution in [0.1, 0.15) is 115 Å². The summed E-state index contributed by atoms with van der Waals surface area (Å²) in [5, 5.41) is 36.5. The lowest BCUT2D eigenvalue weighted by atomic mass is 9.93. The van der Waals surface area contributed by atoms with Gasteiger partial charge >= 0.3 is 6.09 Å². The first kappa shape index (κ1) is 50.0. The highest BCUT2D eigenvalue weighted by Crippen LogP contribution is 2.17. The standard InChI is InChI=1S/C37H69N7O10/c1-13-21(7)30(43-35(52)31(22(8)14-2)44-36(53)54-37(10,11)12)34(51)40-24(15-19(3)4)26(46)17-28(48)42-29(20(5)6)33(50)41-25(16-27(38)47)32(49)39-18-23(9)45/h19-26,29-31,45-46H,13-18H2,1-12H3,(H2,38,47)(H,39,49)(H,40,51)(H,41,50)(H,42,48)(H,43,52)(H,44,53)/t21-,22-,23+,24-,25?,26-,29-,30-,31-/m0/s1. The summed E-state index contributed by atoms with van der Waals surface area (Å²) in [7, 11) is 0. The molecule has 0 saturated carbocycles. The van der Waals surface area contributed by atoms with Gasteiger partial charge in [-0.15, -0.1) is 0 Å². The number of nitrogens with one attached hydrogen (secondary N) is 6. The van der Waals surface area contributed by atoms with Crippen LogP contribution in [0.3, 0.4) is 0 Å². The normalized spacial score (nSPS) is 16.7. The number of nitrogens with two attached hydrogens (primary N) is 1. The molecule has 0 fully saturated rings. The highest BCUT2D eigenvalue weighted by Gasteiger charge is 2.36. The van der Waals surface area contributed by atoms with Crippen LogP contribution < -0.4 is 37.6 Å². The second kappa shape index (κ2) is 23.7. The smallest absolute Gasteiger partial charge is 0.408 e. The lowest BCUT2D eigenvalue weighted by Crippen LogP contribution is -2.59. The average molecular weight is 772 g/mol. The molecule has 0 aromatic rings. The predicted octanol–water partition coefficient (Wildman–Crippen LogP) is 0.737. The quantitative estimate of drug-likeness (QED) is 0.0703. The minimum atomic E-state index is -1.41. The second-order valence-electron chi connectivity index (χ2n) is 16.0.